The zero-order valence-corrected chi connectivity index (χ0v) is 13.1. The molecule has 1 saturated heterocycles. The van der Waals surface area contributed by atoms with E-state index in [1.165, 1.54) is 6.07 Å². The van der Waals surface area contributed by atoms with Gasteiger partial charge in [0.05, 0.1) is 11.4 Å². The van der Waals surface area contributed by atoms with Crippen molar-refractivity contribution in [1.82, 2.24) is 5.32 Å². The number of nitrogens with zero attached hydrogens (tertiary/aromatic N) is 1. The van der Waals surface area contributed by atoms with Gasteiger partial charge in [-0.15, -0.1) is 0 Å². The van der Waals surface area contributed by atoms with Gasteiger partial charge in [0.1, 0.15) is 23.2 Å². The summed E-state index contributed by atoms with van der Waals surface area (Å²) in [6, 6.07) is 9.90. The Morgan fingerprint density at radius 1 is 1.12 bits per heavy atom. The maximum atomic E-state index is 13.8. The van der Waals surface area contributed by atoms with Crippen LogP contribution in [0.25, 0.3) is 0 Å². The lowest BCUT2D eigenvalue weighted by atomic mass is 10.1. The highest BCUT2D eigenvalue weighted by molar-refractivity contribution is 6.04. The van der Waals surface area contributed by atoms with Gasteiger partial charge in [-0.3, -0.25) is 9.59 Å². The molecule has 1 fully saturated rings. The number of halogens is 2. The first kappa shape index (κ1) is 15.6. The molecule has 0 aliphatic carbocycles. The Morgan fingerprint density at radius 2 is 1.84 bits per heavy atom. The van der Waals surface area contributed by atoms with Gasteiger partial charge in [0.2, 0.25) is 5.91 Å². The summed E-state index contributed by atoms with van der Waals surface area (Å²) in [6.45, 7) is 0.400. The van der Waals surface area contributed by atoms with Crippen LogP contribution in [0.5, 0.6) is 0 Å². The molecular formula is C18H15F2N3O2. The number of fused-ring (bicyclic) bond motifs is 3. The fourth-order valence-electron chi connectivity index (χ4n) is 3.47. The van der Waals surface area contributed by atoms with Crippen molar-refractivity contribution in [2.75, 3.05) is 16.8 Å². The number of hydrogen-bond donors (Lipinski definition) is 2. The smallest absolute Gasteiger partial charge is 0.257 e. The largest absolute Gasteiger partial charge is 0.356 e. The molecule has 0 bridgehead atoms. The third-order valence-electron chi connectivity index (χ3n) is 4.60. The third-order valence-corrected chi connectivity index (χ3v) is 4.60. The first-order valence-electron chi connectivity index (χ1n) is 7.96. The van der Waals surface area contributed by atoms with E-state index < -0.39 is 29.1 Å². The van der Waals surface area contributed by atoms with Crippen LogP contribution in [0.1, 0.15) is 16.8 Å². The average Bonchev–Trinajstić information content (AvgIpc) is 2.99. The molecule has 0 radical (unpaired) electrons. The molecule has 2 amide bonds. The Balaban J connectivity index is 1.55. The molecule has 5 nitrogen and oxygen atoms in total. The van der Waals surface area contributed by atoms with E-state index in [1.807, 2.05) is 29.2 Å². The first-order chi connectivity index (χ1) is 12.0. The summed E-state index contributed by atoms with van der Waals surface area (Å²) in [5.41, 5.74) is 0.994. The lowest BCUT2D eigenvalue weighted by Gasteiger charge is -2.32. The van der Waals surface area contributed by atoms with E-state index in [-0.39, 0.29) is 11.9 Å². The van der Waals surface area contributed by atoms with Crippen LogP contribution in [0.15, 0.2) is 42.5 Å². The summed E-state index contributed by atoms with van der Waals surface area (Å²) >= 11 is 0. The minimum absolute atomic E-state index is 0.146. The Hall–Kier alpha value is -2.96. The van der Waals surface area contributed by atoms with E-state index in [2.05, 4.69) is 10.6 Å². The SMILES string of the molecule is O=C(NC1CC2C(=O)Nc3ccccc3N2C1)c1c(F)cccc1F. The van der Waals surface area contributed by atoms with Crippen molar-refractivity contribution in [3.63, 3.8) is 0 Å². The maximum Gasteiger partial charge on any atom is 0.257 e. The van der Waals surface area contributed by atoms with Crippen LogP contribution in [-0.2, 0) is 4.79 Å². The fourth-order valence-corrected chi connectivity index (χ4v) is 3.47. The Labute approximate surface area is 142 Å². The highest BCUT2D eigenvalue weighted by Crippen LogP contribution is 2.36. The number of hydrogen-bond acceptors (Lipinski definition) is 3. The number of para-hydroxylation sites is 2. The molecule has 2 unspecified atom stereocenters. The molecule has 2 aliphatic heterocycles. The zero-order chi connectivity index (χ0) is 17.6. The number of benzene rings is 2. The summed E-state index contributed by atoms with van der Waals surface area (Å²) in [5.74, 6) is -2.77. The molecule has 2 N–H and O–H groups in total. The van der Waals surface area contributed by atoms with Crippen molar-refractivity contribution in [2.45, 2.75) is 18.5 Å². The van der Waals surface area contributed by atoms with Gasteiger partial charge >= 0.3 is 0 Å². The van der Waals surface area contributed by atoms with Crippen LogP contribution in [0.3, 0.4) is 0 Å². The molecule has 2 aliphatic rings. The van der Waals surface area contributed by atoms with Crippen LogP contribution < -0.4 is 15.5 Å². The zero-order valence-electron chi connectivity index (χ0n) is 13.1. The minimum atomic E-state index is -0.906. The Kier molecular flexibility index (Phi) is 3.63. The number of carbonyl (C=O) groups excluding carboxylic acids is 2. The quantitative estimate of drug-likeness (QED) is 0.880. The lowest BCUT2D eigenvalue weighted by Crippen LogP contribution is -2.44. The normalized spacial score (nSPS) is 21.4. The van der Waals surface area contributed by atoms with Gasteiger partial charge < -0.3 is 15.5 Å². The van der Waals surface area contributed by atoms with Gasteiger partial charge in [-0.25, -0.2) is 8.78 Å². The molecule has 2 aromatic carbocycles. The predicted molar refractivity (Wildman–Crippen MR) is 88.4 cm³/mol. The molecule has 128 valence electrons. The summed E-state index contributed by atoms with van der Waals surface area (Å²) in [6.07, 6.45) is 0.377. The monoisotopic (exact) mass is 343 g/mol. The van der Waals surface area contributed by atoms with Crippen LogP contribution in [0.2, 0.25) is 0 Å². The molecule has 2 atom stereocenters. The Bertz CT molecular complexity index is 851. The lowest BCUT2D eigenvalue weighted by molar-refractivity contribution is -0.117. The van der Waals surface area contributed by atoms with Crippen LogP contribution in [0, 0.1) is 11.6 Å². The highest BCUT2D eigenvalue weighted by Gasteiger charge is 2.41. The highest BCUT2D eigenvalue weighted by atomic mass is 19.1. The van der Waals surface area contributed by atoms with Gasteiger partial charge in [0.25, 0.3) is 5.91 Å². The van der Waals surface area contributed by atoms with Gasteiger partial charge in [-0.05, 0) is 30.7 Å². The van der Waals surface area contributed by atoms with Crippen molar-refractivity contribution >= 4 is 23.2 Å². The molecule has 2 heterocycles. The summed E-state index contributed by atoms with van der Waals surface area (Å²) in [5, 5.41) is 5.49. The Morgan fingerprint density at radius 3 is 2.60 bits per heavy atom. The molecule has 0 spiro atoms. The van der Waals surface area contributed by atoms with E-state index in [1.54, 1.807) is 0 Å². The van der Waals surface area contributed by atoms with E-state index >= 15 is 0 Å². The molecule has 0 saturated carbocycles. The minimum Gasteiger partial charge on any atom is -0.356 e. The van der Waals surface area contributed by atoms with E-state index in [9.17, 15) is 18.4 Å². The van der Waals surface area contributed by atoms with Gasteiger partial charge in [-0.2, -0.15) is 0 Å². The fraction of sp³-hybridized carbons (Fsp3) is 0.222. The molecular weight excluding hydrogens is 328 g/mol. The maximum absolute atomic E-state index is 13.8. The molecule has 2 aromatic rings. The van der Waals surface area contributed by atoms with Crippen molar-refractivity contribution < 1.29 is 18.4 Å². The van der Waals surface area contributed by atoms with Crippen molar-refractivity contribution in [3.8, 4) is 0 Å². The number of anilines is 2. The summed E-state index contributed by atoms with van der Waals surface area (Å²) < 4.78 is 27.5. The average molecular weight is 343 g/mol. The van der Waals surface area contributed by atoms with Gasteiger partial charge in [-0.1, -0.05) is 18.2 Å². The summed E-state index contributed by atoms with van der Waals surface area (Å²) in [7, 11) is 0. The van der Waals surface area contributed by atoms with E-state index in [0.29, 0.717) is 13.0 Å². The predicted octanol–water partition coefficient (Wildman–Crippen LogP) is 2.29. The second kappa shape index (κ2) is 5.84. The number of amides is 2. The van der Waals surface area contributed by atoms with Crippen molar-refractivity contribution in [3.05, 3.63) is 59.7 Å². The topological polar surface area (TPSA) is 61.4 Å². The third kappa shape index (κ3) is 2.61. The molecule has 0 aromatic heterocycles. The molecule has 25 heavy (non-hydrogen) atoms. The van der Waals surface area contributed by atoms with Gasteiger partial charge in [0.15, 0.2) is 0 Å². The number of carbonyl (C=O) groups is 2. The van der Waals surface area contributed by atoms with E-state index in [4.69, 9.17) is 0 Å². The standard InChI is InChI=1S/C18H15F2N3O2/c19-11-4-3-5-12(20)16(11)18(25)21-10-8-15-17(24)22-13-6-1-2-7-14(13)23(15)9-10/h1-7,10,15H,8-9H2,(H,21,25)(H,22,24). The van der Waals surface area contributed by atoms with Crippen LogP contribution in [0.4, 0.5) is 20.2 Å². The van der Waals surface area contributed by atoms with Crippen molar-refractivity contribution in [2.24, 2.45) is 0 Å². The molecule has 7 heteroatoms. The van der Waals surface area contributed by atoms with Crippen LogP contribution in [-0.4, -0.2) is 30.4 Å². The van der Waals surface area contributed by atoms with Crippen LogP contribution >= 0.6 is 0 Å². The first-order valence-corrected chi connectivity index (χ1v) is 7.96. The second-order valence-electron chi connectivity index (χ2n) is 6.18. The second-order valence-corrected chi connectivity index (χ2v) is 6.18. The van der Waals surface area contributed by atoms with Crippen molar-refractivity contribution in [1.29, 1.82) is 0 Å². The number of nitrogens with one attached hydrogen (secondary N) is 2. The molecule has 4 rings (SSSR count). The summed E-state index contributed by atoms with van der Waals surface area (Å²) in [4.78, 5) is 26.4. The number of rotatable bonds is 2. The van der Waals surface area contributed by atoms with Gasteiger partial charge in [0, 0.05) is 12.6 Å². The van der Waals surface area contributed by atoms with E-state index in [0.717, 1.165) is 23.5 Å².